The van der Waals surface area contributed by atoms with E-state index in [1.54, 1.807) is 37.3 Å². The van der Waals surface area contributed by atoms with Crippen molar-refractivity contribution in [3.05, 3.63) is 90.0 Å². The number of oxazole rings is 1. The molecule has 0 N–H and O–H groups in total. The molecule has 1 aromatic heterocycles. The van der Waals surface area contributed by atoms with Crippen molar-refractivity contribution in [2.45, 2.75) is 39.5 Å². The average molecular weight is 514 g/mol. The SMILES string of the molecule is C=C(C)C(=O)OCCCCCCOc1ccc(C(=O)Oc2ccc(-c3nc4ccccc4o3)cc2)cc1C. The Bertz CT molecular complexity index is 1390. The van der Waals surface area contributed by atoms with Gasteiger partial charge in [0.2, 0.25) is 5.89 Å². The lowest BCUT2D eigenvalue weighted by Crippen LogP contribution is -2.09. The van der Waals surface area contributed by atoms with Crippen LogP contribution in [-0.4, -0.2) is 30.1 Å². The Labute approximate surface area is 222 Å². The first-order chi connectivity index (χ1) is 18.4. The summed E-state index contributed by atoms with van der Waals surface area (Å²) in [6.07, 6.45) is 3.62. The van der Waals surface area contributed by atoms with Gasteiger partial charge in [0, 0.05) is 11.1 Å². The zero-order chi connectivity index (χ0) is 26.9. The quantitative estimate of drug-likeness (QED) is 0.0865. The number of esters is 2. The van der Waals surface area contributed by atoms with E-state index in [1.165, 1.54) is 0 Å². The van der Waals surface area contributed by atoms with Crippen molar-refractivity contribution in [3.8, 4) is 23.0 Å². The molecule has 0 aliphatic heterocycles. The molecule has 7 nitrogen and oxygen atoms in total. The number of aromatic nitrogens is 1. The van der Waals surface area contributed by atoms with E-state index in [1.807, 2.05) is 43.3 Å². The summed E-state index contributed by atoms with van der Waals surface area (Å²) in [5.74, 6) is 0.897. The molecule has 0 aliphatic rings. The Hall–Kier alpha value is -4.39. The molecule has 0 saturated heterocycles. The van der Waals surface area contributed by atoms with Gasteiger partial charge in [-0.2, -0.15) is 0 Å². The Balaban J connectivity index is 1.22. The van der Waals surface area contributed by atoms with E-state index in [9.17, 15) is 9.59 Å². The Morgan fingerprint density at radius 1 is 0.921 bits per heavy atom. The smallest absolute Gasteiger partial charge is 0.343 e. The molecule has 4 rings (SSSR count). The van der Waals surface area contributed by atoms with Gasteiger partial charge in [-0.15, -0.1) is 0 Å². The van der Waals surface area contributed by atoms with Crippen LogP contribution in [0.4, 0.5) is 0 Å². The molecular weight excluding hydrogens is 482 g/mol. The van der Waals surface area contributed by atoms with Gasteiger partial charge in [-0.05, 0) is 99.7 Å². The summed E-state index contributed by atoms with van der Waals surface area (Å²) in [6, 6.07) is 19.9. The Morgan fingerprint density at radius 2 is 1.66 bits per heavy atom. The summed E-state index contributed by atoms with van der Waals surface area (Å²) in [6.45, 7) is 8.08. The van der Waals surface area contributed by atoms with Crippen molar-refractivity contribution in [2.75, 3.05) is 13.2 Å². The van der Waals surface area contributed by atoms with Crippen LogP contribution in [0.3, 0.4) is 0 Å². The van der Waals surface area contributed by atoms with Crippen molar-refractivity contribution in [1.29, 1.82) is 0 Å². The number of carbonyl (C=O) groups excluding carboxylic acids is 2. The van der Waals surface area contributed by atoms with Gasteiger partial charge in [0.25, 0.3) is 0 Å². The van der Waals surface area contributed by atoms with Crippen molar-refractivity contribution >= 4 is 23.0 Å². The number of para-hydroxylation sites is 2. The van der Waals surface area contributed by atoms with Crippen LogP contribution >= 0.6 is 0 Å². The van der Waals surface area contributed by atoms with Crippen LogP contribution in [0.5, 0.6) is 11.5 Å². The second kappa shape index (κ2) is 12.7. The molecule has 0 unspecified atom stereocenters. The van der Waals surface area contributed by atoms with Gasteiger partial charge in [-0.3, -0.25) is 0 Å². The molecule has 0 bridgehead atoms. The molecule has 4 aromatic rings. The van der Waals surface area contributed by atoms with Crippen molar-refractivity contribution in [2.24, 2.45) is 0 Å². The summed E-state index contributed by atoms with van der Waals surface area (Å²) < 4.78 is 22.3. The fourth-order valence-electron chi connectivity index (χ4n) is 3.79. The van der Waals surface area contributed by atoms with Crippen molar-refractivity contribution in [3.63, 3.8) is 0 Å². The number of aryl methyl sites for hydroxylation is 1. The zero-order valence-electron chi connectivity index (χ0n) is 21.7. The molecular formula is C31H31NO6. The number of benzene rings is 3. The number of fused-ring (bicyclic) bond motifs is 1. The van der Waals surface area contributed by atoms with Gasteiger partial charge >= 0.3 is 11.9 Å². The van der Waals surface area contributed by atoms with Crippen LogP contribution in [0.25, 0.3) is 22.6 Å². The van der Waals surface area contributed by atoms with Crippen molar-refractivity contribution < 1.29 is 28.2 Å². The lowest BCUT2D eigenvalue weighted by atomic mass is 10.1. The molecule has 0 saturated carbocycles. The molecule has 1 heterocycles. The third-order valence-electron chi connectivity index (χ3n) is 5.89. The predicted octanol–water partition coefficient (Wildman–Crippen LogP) is 7.08. The first-order valence-electron chi connectivity index (χ1n) is 12.6. The standard InChI is InChI=1S/C31H31NO6/c1-21(2)30(33)36-19-9-5-4-8-18-35-27-17-14-24(20-22(27)3)31(34)37-25-15-12-23(13-16-25)29-32-26-10-6-7-11-28(26)38-29/h6-7,10-17,20H,1,4-5,8-9,18-19H2,2-3H3. The third-order valence-corrected chi connectivity index (χ3v) is 5.89. The summed E-state index contributed by atoms with van der Waals surface area (Å²) in [7, 11) is 0. The van der Waals surface area contributed by atoms with E-state index in [0.29, 0.717) is 36.0 Å². The highest BCUT2D eigenvalue weighted by molar-refractivity contribution is 5.91. The molecule has 0 aliphatic carbocycles. The highest BCUT2D eigenvalue weighted by Crippen LogP contribution is 2.26. The topological polar surface area (TPSA) is 87.9 Å². The van der Waals surface area contributed by atoms with E-state index in [2.05, 4.69) is 11.6 Å². The lowest BCUT2D eigenvalue weighted by Gasteiger charge is -2.11. The maximum Gasteiger partial charge on any atom is 0.343 e. The van der Waals surface area contributed by atoms with Crippen LogP contribution in [0.15, 0.2) is 83.3 Å². The van der Waals surface area contributed by atoms with Gasteiger partial charge in [-0.1, -0.05) is 18.7 Å². The minimum absolute atomic E-state index is 0.342. The third kappa shape index (κ3) is 7.09. The lowest BCUT2D eigenvalue weighted by molar-refractivity contribution is -0.139. The van der Waals surface area contributed by atoms with Gasteiger partial charge in [0.1, 0.15) is 17.0 Å². The van der Waals surface area contributed by atoms with Gasteiger partial charge in [0.15, 0.2) is 5.58 Å². The van der Waals surface area contributed by atoms with Crippen molar-refractivity contribution in [1.82, 2.24) is 4.98 Å². The summed E-state index contributed by atoms with van der Waals surface area (Å²) >= 11 is 0. The predicted molar refractivity (Wildman–Crippen MR) is 145 cm³/mol. The summed E-state index contributed by atoms with van der Waals surface area (Å²) in [5, 5.41) is 0. The second-order valence-corrected chi connectivity index (χ2v) is 9.06. The molecule has 0 spiro atoms. The number of ether oxygens (including phenoxy) is 3. The fraction of sp³-hybridized carbons (Fsp3) is 0.258. The van der Waals surface area contributed by atoms with Crippen LogP contribution in [0.2, 0.25) is 0 Å². The average Bonchev–Trinajstić information content (AvgIpc) is 3.35. The molecule has 196 valence electrons. The summed E-state index contributed by atoms with van der Waals surface area (Å²) in [4.78, 5) is 28.5. The van der Waals surface area contributed by atoms with E-state index in [4.69, 9.17) is 18.6 Å². The Morgan fingerprint density at radius 3 is 2.37 bits per heavy atom. The number of hydrogen-bond acceptors (Lipinski definition) is 7. The largest absolute Gasteiger partial charge is 0.493 e. The second-order valence-electron chi connectivity index (χ2n) is 9.06. The molecule has 0 atom stereocenters. The normalized spacial score (nSPS) is 10.8. The highest BCUT2D eigenvalue weighted by Gasteiger charge is 2.13. The van der Waals surface area contributed by atoms with Gasteiger partial charge in [-0.25, -0.2) is 14.6 Å². The number of rotatable bonds is 12. The van der Waals surface area contributed by atoms with Crippen LogP contribution in [-0.2, 0) is 9.53 Å². The number of hydrogen-bond donors (Lipinski definition) is 0. The minimum atomic E-state index is -0.443. The molecule has 7 heteroatoms. The van der Waals surface area contributed by atoms with Gasteiger partial charge in [0.05, 0.1) is 18.8 Å². The van der Waals surface area contributed by atoms with E-state index >= 15 is 0 Å². The fourth-order valence-corrected chi connectivity index (χ4v) is 3.79. The molecule has 0 amide bonds. The van der Waals surface area contributed by atoms with E-state index < -0.39 is 5.97 Å². The van der Waals surface area contributed by atoms with Crippen LogP contribution in [0.1, 0.15) is 48.5 Å². The highest BCUT2D eigenvalue weighted by atomic mass is 16.5. The minimum Gasteiger partial charge on any atom is -0.493 e. The van der Waals surface area contributed by atoms with E-state index in [0.717, 1.165) is 53.7 Å². The number of nitrogens with zero attached hydrogens (tertiary/aromatic N) is 1. The molecule has 38 heavy (non-hydrogen) atoms. The van der Waals surface area contributed by atoms with Crippen LogP contribution < -0.4 is 9.47 Å². The van der Waals surface area contributed by atoms with Gasteiger partial charge < -0.3 is 18.6 Å². The molecule has 0 fully saturated rings. The first-order valence-corrected chi connectivity index (χ1v) is 12.6. The number of unbranched alkanes of at least 4 members (excludes halogenated alkanes) is 3. The van der Waals surface area contributed by atoms with E-state index in [-0.39, 0.29) is 5.97 Å². The maximum absolute atomic E-state index is 12.7. The maximum atomic E-state index is 12.7. The zero-order valence-corrected chi connectivity index (χ0v) is 21.7. The number of carbonyl (C=O) groups is 2. The first kappa shape index (κ1) is 26.7. The molecule has 0 radical (unpaired) electrons. The monoisotopic (exact) mass is 513 g/mol. The van der Waals surface area contributed by atoms with Crippen LogP contribution in [0, 0.1) is 6.92 Å². The Kier molecular flexibility index (Phi) is 8.93. The summed E-state index contributed by atoms with van der Waals surface area (Å²) in [5.41, 5.74) is 4.03. The molecule has 3 aromatic carbocycles.